The van der Waals surface area contributed by atoms with Crippen LogP contribution < -0.4 is 5.73 Å². The summed E-state index contributed by atoms with van der Waals surface area (Å²) in [5, 5.41) is 0. The molecule has 0 radical (unpaired) electrons. The monoisotopic (exact) mass is 235 g/mol. The van der Waals surface area contributed by atoms with Gasteiger partial charge in [0.25, 0.3) is 0 Å². The van der Waals surface area contributed by atoms with E-state index in [-0.39, 0.29) is 0 Å². The minimum atomic E-state index is 0.524. The van der Waals surface area contributed by atoms with Crippen LogP contribution in [0, 0.1) is 29.6 Å². The van der Waals surface area contributed by atoms with Crippen LogP contribution >= 0.6 is 0 Å². The lowest BCUT2D eigenvalue weighted by Gasteiger charge is -2.27. The average Bonchev–Trinajstić information content (AvgIpc) is 3.04. The van der Waals surface area contributed by atoms with Gasteiger partial charge < -0.3 is 5.73 Å². The Hall–Kier alpha value is -0.0400. The standard InChI is InChI=1S/C16H29N/c1-2-11-3-6-14(7-11)16(17)10-15-9-12-4-5-13(15)8-12/h11-16H,2-10,17H2,1H3. The van der Waals surface area contributed by atoms with Crippen molar-refractivity contribution >= 4 is 0 Å². The van der Waals surface area contributed by atoms with Gasteiger partial charge in [0, 0.05) is 6.04 Å². The molecule has 0 heterocycles. The Morgan fingerprint density at radius 1 is 1.06 bits per heavy atom. The van der Waals surface area contributed by atoms with Crippen LogP contribution in [0.3, 0.4) is 0 Å². The molecule has 1 nitrogen and oxygen atoms in total. The summed E-state index contributed by atoms with van der Waals surface area (Å²) >= 11 is 0. The largest absolute Gasteiger partial charge is 0.327 e. The molecule has 17 heavy (non-hydrogen) atoms. The normalized spacial score (nSPS) is 46.6. The maximum absolute atomic E-state index is 6.51. The molecule has 0 saturated heterocycles. The number of nitrogens with two attached hydrogens (primary N) is 1. The third-order valence-electron chi connectivity index (χ3n) is 6.22. The molecule has 3 rings (SSSR count). The molecule has 98 valence electrons. The van der Waals surface area contributed by atoms with Gasteiger partial charge in [0.2, 0.25) is 0 Å². The fourth-order valence-corrected chi connectivity index (χ4v) is 5.08. The summed E-state index contributed by atoms with van der Waals surface area (Å²) in [6.07, 6.45) is 13.1. The Kier molecular flexibility index (Phi) is 3.47. The Morgan fingerprint density at radius 3 is 2.53 bits per heavy atom. The summed E-state index contributed by atoms with van der Waals surface area (Å²) in [4.78, 5) is 0. The number of rotatable bonds is 4. The SMILES string of the molecule is CCC1CCC(C(N)CC2CC3CCC2C3)C1. The molecule has 2 bridgehead atoms. The number of hydrogen-bond acceptors (Lipinski definition) is 1. The lowest BCUT2D eigenvalue weighted by molar-refractivity contribution is 0.261. The second-order valence-corrected chi connectivity index (χ2v) is 7.18. The third-order valence-corrected chi connectivity index (χ3v) is 6.22. The Balaban J connectivity index is 1.49. The first-order valence-electron chi connectivity index (χ1n) is 8.01. The van der Waals surface area contributed by atoms with Gasteiger partial charge in [-0.15, -0.1) is 0 Å². The van der Waals surface area contributed by atoms with Crippen LogP contribution in [-0.4, -0.2) is 6.04 Å². The van der Waals surface area contributed by atoms with E-state index in [0.717, 1.165) is 29.6 Å². The molecule has 6 unspecified atom stereocenters. The average molecular weight is 235 g/mol. The molecule has 0 aromatic heterocycles. The molecule has 2 N–H and O–H groups in total. The van der Waals surface area contributed by atoms with Crippen LogP contribution in [0.15, 0.2) is 0 Å². The molecule has 0 amide bonds. The van der Waals surface area contributed by atoms with Gasteiger partial charge in [-0.2, -0.15) is 0 Å². The molecule has 3 aliphatic rings. The van der Waals surface area contributed by atoms with E-state index in [0.29, 0.717) is 6.04 Å². The van der Waals surface area contributed by atoms with Crippen molar-refractivity contribution in [3.05, 3.63) is 0 Å². The van der Waals surface area contributed by atoms with Crippen molar-refractivity contribution in [2.24, 2.45) is 35.3 Å². The summed E-state index contributed by atoms with van der Waals surface area (Å²) in [7, 11) is 0. The van der Waals surface area contributed by atoms with Crippen molar-refractivity contribution in [3.63, 3.8) is 0 Å². The van der Waals surface area contributed by atoms with Gasteiger partial charge in [-0.25, -0.2) is 0 Å². The number of fused-ring (bicyclic) bond motifs is 2. The maximum atomic E-state index is 6.51. The summed E-state index contributed by atoms with van der Waals surface area (Å²) < 4.78 is 0. The second kappa shape index (κ2) is 4.91. The first-order chi connectivity index (χ1) is 8.26. The molecule has 0 spiro atoms. The highest BCUT2D eigenvalue weighted by Crippen LogP contribution is 2.50. The molecule has 3 aliphatic carbocycles. The summed E-state index contributed by atoms with van der Waals surface area (Å²) in [5.41, 5.74) is 6.51. The predicted octanol–water partition coefficient (Wildman–Crippen LogP) is 3.97. The quantitative estimate of drug-likeness (QED) is 0.784. The molecule has 0 aromatic rings. The van der Waals surface area contributed by atoms with Gasteiger partial charge in [0.15, 0.2) is 0 Å². The van der Waals surface area contributed by atoms with Crippen LogP contribution in [0.4, 0.5) is 0 Å². The molecule has 3 fully saturated rings. The van der Waals surface area contributed by atoms with Gasteiger partial charge in [0.1, 0.15) is 0 Å². The van der Waals surface area contributed by atoms with Gasteiger partial charge in [-0.1, -0.05) is 26.2 Å². The molecule has 1 heteroatoms. The Morgan fingerprint density at radius 2 is 1.94 bits per heavy atom. The highest BCUT2D eigenvalue weighted by atomic mass is 14.7. The maximum Gasteiger partial charge on any atom is 0.00700 e. The van der Waals surface area contributed by atoms with E-state index >= 15 is 0 Å². The Labute approximate surface area is 107 Å². The van der Waals surface area contributed by atoms with Crippen LogP contribution in [0.25, 0.3) is 0 Å². The van der Waals surface area contributed by atoms with Crippen LogP contribution in [0.1, 0.15) is 64.7 Å². The second-order valence-electron chi connectivity index (χ2n) is 7.18. The van der Waals surface area contributed by atoms with E-state index in [1.165, 1.54) is 51.4 Å². The first kappa shape index (κ1) is 12.0. The highest BCUT2D eigenvalue weighted by molar-refractivity contribution is 4.93. The van der Waals surface area contributed by atoms with Gasteiger partial charge in [0.05, 0.1) is 0 Å². The fourth-order valence-electron chi connectivity index (χ4n) is 5.08. The minimum Gasteiger partial charge on any atom is -0.327 e. The van der Waals surface area contributed by atoms with Crippen molar-refractivity contribution < 1.29 is 0 Å². The van der Waals surface area contributed by atoms with Gasteiger partial charge in [-0.05, 0) is 68.1 Å². The van der Waals surface area contributed by atoms with Crippen molar-refractivity contribution in [2.45, 2.75) is 70.8 Å². The van der Waals surface area contributed by atoms with Crippen molar-refractivity contribution in [1.29, 1.82) is 0 Å². The first-order valence-corrected chi connectivity index (χ1v) is 8.01. The lowest BCUT2D eigenvalue weighted by Crippen LogP contribution is -2.32. The molecular weight excluding hydrogens is 206 g/mol. The smallest absolute Gasteiger partial charge is 0.00700 e. The van der Waals surface area contributed by atoms with E-state index in [2.05, 4.69) is 6.92 Å². The molecular formula is C16H29N. The molecule has 3 saturated carbocycles. The zero-order valence-corrected chi connectivity index (χ0v) is 11.4. The predicted molar refractivity (Wildman–Crippen MR) is 72.7 cm³/mol. The molecule has 0 aliphatic heterocycles. The van der Waals surface area contributed by atoms with E-state index in [1.54, 1.807) is 6.42 Å². The van der Waals surface area contributed by atoms with Gasteiger partial charge >= 0.3 is 0 Å². The van der Waals surface area contributed by atoms with Crippen molar-refractivity contribution in [2.75, 3.05) is 0 Å². The van der Waals surface area contributed by atoms with Crippen LogP contribution in [-0.2, 0) is 0 Å². The molecule has 0 aromatic carbocycles. The lowest BCUT2D eigenvalue weighted by atomic mass is 9.81. The van der Waals surface area contributed by atoms with E-state index in [4.69, 9.17) is 5.73 Å². The fraction of sp³-hybridized carbons (Fsp3) is 1.00. The minimum absolute atomic E-state index is 0.524. The third kappa shape index (κ3) is 2.41. The van der Waals surface area contributed by atoms with Crippen LogP contribution in [0.5, 0.6) is 0 Å². The van der Waals surface area contributed by atoms with Crippen LogP contribution in [0.2, 0.25) is 0 Å². The van der Waals surface area contributed by atoms with E-state index in [1.807, 2.05) is 0 Å². The summed E-state index contributed by atoms with van der Waals surface area (Å²) in [6, 6.07) is 0.524. The Bertz CT molecular complexity index is 262. The van der Waals surface area contributed by atoms with Crippen molar-refractivity contribution in [3.8, 4) is 0 Å². The summed E-state index contributed by atoms with van der Waals surface area (Å²) in [5.74, 6) is 5.01. The zero-order chi connectivity index (χ0) is 11.8. The van der Waals surface area contributed by atoms with Crippen molar-refractivity contribution in [1.82, 2.24) is 0 Å². The summed E-state index contributed by atoms with van der Waals surface area (Å²) in [6.45, 7) is 2.34. The van der Waals surface area contributed by atoms with E-state index < -0.39 is 0 Å². The zero-order valence-electron chi connectivity index (χ0n) is 11.4. The highest BCUT2D eigenvalue weighted by Gasteiger charge is 2.41. The topological polar surface area (TPSA) is 26.0 Å². The van der Waals surface area contributed by atoms with Gasteiger partial charge in [-0.3, -0.25) is 0 Å². The molecule has 6 atom stereocenters. The number of hydrogen-bond donors (Lipinski definition) is 1. The van der Waals surface area contributed by atoms with E-state index in [9.17, 15) is 0 Å².